The molecule has 0 aliphatic carbocycles. The number of aromatic nitrogens is 3. The molecule has 0 amide bonds. The normalized spacial score (nSPS) is 14.1. The summed E-state index contributed by atoms with van der Waals surface area (Å²) in [4.78, 5) is 16.2. The van der Waals surface area contributed by atoms with Gasteiger partial charge in [-0.3, -0.25) is 0 Å². The molecule has 0 N–H and O–H groups in total. The summed E-state index contributed by atoms with van der Waals surface area (Å²) in [7, 11) is 0. The van der Waals surface area contributed by atoms with Crippen molar-refractivity contribution in [2.45, 2.75) is 12.8 Å². The molecule has 1 aliphatic heterocycles. The number of fused-ring (bicyclic) bond motifs is 1. The van der Waals surface area contributed by atoms with E-state index in [4.69, 9.17) is 4.42 Å². The lowest BCUT2D eigenvalue weighted by Crippen LogP contribution is -2.17. The predicted molar refractivity (Wildman–Crippen MR) is 104 cm³/mol. The molecule has 3 heterocycles. The summed E-state index contributed by atoms with van der Waals surface area (Å²) in [6, 6.07) is 17.5. The molecule has 2 aromatic heterocycles. The van der Waals surface area contributed by atoms with Crippen molar-refractivity contribution in [3.05, 3.63) is 71.2 Å². The smallest absolute Gasteiger partial charge is 0.364 e. The minimum atomic E-state index is -0.448. The molecule has 0 spiro atoms. The van der Waals surface area contributed by atoms with Crippen LogP contribution in [0.5, 0.6) is 0 Å². The molecule has 0 saturated carbocycles. The summed E-state index contributed by atoms with van der Waals surface area (Å²) in [5, 5.41) is 9.54. The van der Waals surface area contributed by atoms with E-state index in [1.165, 1.54) is 17.6 Å². The first-order valence-corrected chi connectivity index (χ1v) is 9.09. The van der Waals surface area contributed by atoms with Gasteiger partial charge in [0.25, 0.3) is 0 Å². The highest BCUT2D eigenvalue weighted by Crippen LogP contribution is 2.25. The van der Waals surface area contributed by atoms with E-state index in [0.29, 0.717) is 17.0 Å². The lowest BCUT2D eigenvalue weighted by atomic mass is 10.2. The number of hydrogen-bond acceptors (Lipinski definition) is 5. The molecule has 1 fully saturated rings. The van der Waals surface area contributed by atoms with Crippen LogP contribution < -0.4 is 10.5 Å². The monoisotopic (exact) mass is 358 g/mol. The van der Waals surface area contributed by atoms with Crippen molar-refractivity contribution in [3.8, 4) is 16.9 Å². The summed E-state index contributed by atoms with van der Waals surface area (Å²) >= 11 is 0. The average Bonchev–Trinajstić information content (AvgIpc) is 3.40. The summed E-state index contributed by atoms with van der Waals surface area (Å²) in [6.45, 7) is 2.10. The van der Waals surface area contributed by atoms with E-state index in [-0.39, 0.29) is 0 Å². The van der Waals surface area contributed by atoms with Crippen LogP contribution in [0.3, 0.4) is 0 Å². The predicted octanol–water partition coefficient (Wildman–Crippen LogP) is 3.64. The van der Waals surface area contributed by atoms with Crippen molar-refractivity contribution >= 4 is 16.7 Å². The summed E-state index contributed by atoms with van der Waals surface area (Å²) < 4.78 is 5.58. The van der Waals surface area contributed by atoms with Gasteiger partial charge in [-0.1, -0.05) is 30.3 Å². The van der Waals surface area contributed by atoms with E-state index in [9.17, 15) is 4.79 Å². The van der Waals surface area contributed by atoms with Crippen LogP contribution in [-0.4, -0.2) is 28.1 Å². The fourth-order valence-electron chi connectivity index (χ4n) is 3.52. The molecule has 0 bridgehead atoms. The Labute approximate surface area is 155 Å². The van der Waals surface area contributed by atoms with E-state index >= 15 is 0 Å². The SMILES string of the molecule is O=c1oc2cc(N3CCCC3)ccc2cc1-n1ncc(-c2ccccc2)n1. The van der Waals surface area contributed by atoms with Gasteiger partial charge in [-0.05, 0) is 31.0 Å². The fraction of sp³-hybridized carbons (Fsp3) is 0.190. The zero-order valence-electron chi connectivity index (χ0n) is 14.7. The highest BCUT2D eigenvalue weighted by atomic mass is 16.4. The number of hydrogen-bond donors (Lipinski definition) is 0. The van der Waals surface area contributed by atoms with Gasteiger partial charge in [0.1, 0.15) is 11.3 Å². The number of anilines is 1. The minimum Gasteiger partial charge on any atom is -0.421 e. The van der Waals surface area contributed by atoms with Crippen LogP contribution >= 0.6 is 0 Å². The maximum atomic E-state index is 12.5. The van der Waals surface area contributed by atoms with E-state index in [1.54, 1.807) is 12.3 Å². The molecule has 0 atom stereocenters. The van der Waals surface area contributed by atoms with Gasteiger partial charge in [0, 0.05) is 35.8 Å². The van der Waals surface area contributed by atoms with Gasteiger partial charge in [-0.2, -0.15) is 5.10 Å². The summed E-state index contributed by atoms with van der Waals surface area (Å²) in [5.41, 5.74) is 3.20. The Morgan fingerprint density at radius 1 is 0.963 bits per heavy atom. The Hall–Kier alpha value is -3.41. The van der Waals surface area contributed by atoms with Crippen LogP contribution in [0.1, 0.15) is 12.8 Å². The quantitative estimate of drug-likeness (QED) is 0.523. The third kappa shape index (κ3) is 2.89. The molecule has 5 rings (SSSR count). The molecule has 1 aliphatic rings. The Kier molecular flexibility index (Phi) is 3.74. The molecule has 134 valence electrons. The number of rotatable bonds is 3. The zero-order chi connectivity index (χ0) is 18.2. The second-order valence-electron chi connectivity index (χ2n) is 6.72. The molecule has 27 heavy (non-hydrogen) atoms. The zero-order valence-corrected chi connectivity index (χ0v) is 14.7. The first kappa shape index (κ1) is 15.8. The van der Waals surface area contributed by atoms with Gasteiger partial charge in [-0.15, -0.1) is 9.90 Å². The van der Waals surface area contributed by atoms with Crippen molar-refractivity contribution in [3.63, 3.8) is 0 Å². The van der Waals surface area contributed by atoms with Crippen LogP contribution in [0.15, 0.2) is 70.0 Å². The van der Waals surface area contributed by atoms with Gasteiger partial charge in [0.2, 0.25) is 0 Å². The standard InChI is InChI=1S/C21H18N4O2/c26-21-19(25-22-14-18(23-25)15-6-2-1-3-7-15)12-16-8-9-17(13-20(16)27-21)24-10-4-5-11-24/h1-3,6-9,12-14H,4-5,10-11H2. The first-order valence-electron chi connectivity index (χ1n) is 9.09. The summed E-state index contributed by atoms with van der Waals surface area (Å²) in [6.07, 6.45) is 4.06. The van der Waals surface area contributed by atoms with Crippen molar-refractivity contribution in [1.29, 1.82) is 0 Å². The van der Waals surface area contributed by atoms with E-state index in [1.807, 2.05) is 42.5 Å². The highest BCUT2D eigenvalue weighted by molar-refractivity contribution is 5.82. The van der Waals surface area contributed by atoms with E-state index < -0.39 is 5.63 Å². The molecular weight excluding hydrogens is 340 g/mol. The Morgan fingerprint density at radius 2 is 1.78 bits per heavy atom. The van der Waals surface area contributed by atoms with Gasteiger partial charge in [-0.25, -0.2) is 4.79 Å². The molecule has 0 radical (unpaired) electrons. The van der Waals surface area contributed by atoms with Crippen LogP contribution in [0.4, 0.5) is 5.69 Å². The van der Waals surface area contributed by atoms with Crippen molar-refractivity contribution in [1.82, 2.24) is 15.0 Å². The molecule has 6 heteroatoms. The average molecular weight is 358 g/mol. The Balaban J connectivity index is 1.54. The Morgan fingerprint density at radius 3 is 2.59 bits per heavy atom. The molecule has 1 saturated heterocycles. The van der Waals surface area contributed by atoms with Gasteiger partial charge < -0.3 is 9.32 Å². The van der Waals surface area contributed by atoms with Gasteiger partial charge >= 0.3 is 5.63 Å². The van der Waals surface area contributed by atoms with Crippen molar-refractivity contribution in [2.24, 2.45) is 0 Å². The second-order valence-corrected chi connectivity index (χ2v) is 6.72. The van der Waals surface area contributed by atoms with Crippen molar-refractivity contribution < 1.29 is 4.42 Å². The lowest BCUT2D eigenvalue weighted by Gasteiger charge is -2.17. The molecule has 4 aromatic rings. The maximum Gasteiger partial charge on any atom is 0.364 e. The topological polar surface area (TPSA) is 64.2 Å². The highest BCUT2D eigenvalue weighted by Gasteiger charge is 2.15. The van der Waals surface area contributed by atoms with Crippen LogP contribution in [0.25, 0.3) is 27.9 Å². The minimum absolute atomic E-state index is 0.304. The van der Waals surface area contributed by atoms with Crippen LogP contribution in [0.2, 0.25) is 0 Å². The van der Waals surface area contributed by atoms with E-state index in [0.717, 1.165) is 29.7 Å². The third-order valence-corrected chi connectivity index (χ3v) is 4.95. The Bertz CT molecular complexity index is 1160. The van der Waals surface area contributed by atoms with Crippen LogP contribution in [0, 0.1) is 0 Å². The number of benzene rings is 2. The first-order chi connectivity index (χ1) is 13.3. The lowest BCUT2D eigenvalue weighted by molar-refractivity contribution is 0.545. The fourth-order valence-corrected chi connectivity index (χ4v) is 3.52. The number of nitrogens with zero attached hydrogens (tertiary/aromatic N) is 4. The third-order valence-electron chi connectivity index (χ3n) is 4.95. The maximum absolute atomic E-state index is 12.5. The molecule has 2 aromatic carbocycles. The summed E-state index contributed by atoms with van der Waals surface area (Å²) in [5.74, 6) is 0. The van der Waals surface area contributed by atoms with Crippen LogP contribution in [-0.2, 0) is 0 Å². The molecular formula is C21H18N4O2. The van der Waals surface area contributed by atoms with E-state index in [2.05, 4.69) is 21.2 Å². The van der Waals surface area contributed by atoms with Gasteiger partial charge in [0.15, 0.2) is 5.69 Å². The van der Waals surface area contributed by atoms with Crippen molar-refractivity contribution in [2.75, 3.05) is 18.0 Å². The largest absolute Gasteiger partial charge is 0.421 e. The molecule has 6 nitrogen and oxygen atoms in total. The molecule has 0 unspecified atom stereocenters. The van der Waals surface area contributed by atoms with Gasteiger partial charge in [0.05, 0.1) is 6.20 Å². The second kappa shape index (κ2) is 6.39.